The molecule has 0 bridgehead atoms. The van der Waals surface area contributed by atoms with Crippen LogP contribution in [0.3, 0.4) is 0 Å². The molecule has 0 atom stereocenters. The van der Waals surface area contributed by atoms with Crippen LogP contribution in [0.25, 0.3) is 27.1 Å². The van der Waals surface area contributed by atoms with Crippen molar-refractivity contribution in [3.63, 3.8) is 0 Å². The summed E-state index contributed by atoms with van der Waals surface area (Å²) in [4.78, 5) is 28.3. The van der Waals surface area contributed by atoms with Crippen LogP contribution >= 0.6 is 11.3 Å². The van der Waals surface area contributed by atoms with Gasteiger partial charge in [-0.05, 0) is 55.9 Å². The van der Waals surface area contributed by atoms with Gasteiger partial charge in [0.15, 0.2) is 5.03 Å². The molecule has 0 amide bonds. The molecule has 0 N–H and O–H groups in total. The molecule has 0 unspecified atom stereocenters. The molecule has 0 radical (unpaired) electrons. The van der Waals surface area contributed by atoms with Crippen molar-refractivity contribution in [2.75, 3.05) is 6.61 Å². The minimum absolute atomic E-state index is 0.0719. The van der Waals surface area contributed by atoms with Gasteiger partial charge in [-0.2, -0.15) is 0 Å². The first kappa shape index (κ1) is 23.7. The van der Waals surface area contributed by atoms with E-state index < -0.39 is 21.4 Å². The van der Waals surface area contributed by atoms with Crippen LogP contribution in [0, 0.1) is 0 Å². The molecular formula is C28H23NO6S2. The molecule has 0 saturated carbocycles. The summed E-state index contributed by atoms with van der Waals surface area (Å²) in [6.07, 6.45) is 3.48. The molecule has 1 aliphatic carbocycles. The summed E-state index contributed by atoms with van der Waals surface area (Å²) in [6.45, 7) is 1.74. The van der Waals surface area contributed by atoms with Crippen LogP contribution in [0.1, 0.15) is 40.6 Å². The fourth-order valence-electron chi connectivity index (χ4n) is 5.10. The summed E-state index contributed by atoms with van der Waals surface area (Å²) in [5, 5.41) is 0.275. The van der Waals surface area contributed by atoms with E-state index in [0.29, 0.717) is 15.8 Å². The number of carbonyl (C=O) groups is 1. The average Bonchev–Trinajstić information content (AvgIpc) is 3.47. The van der Waals surface area contributed by atoms with E-state index in [1.54, 1.807) is 55.5 Å². The number of hydrogen-bond donors (Lipinski definition) is 0. The lowest BCUT2D eigenvalue weighted by atomic mass is 9.97. The molecule has 0 spiro atoms. The van der Waals surface area contributed by atoms with Crippen molar-refractivity contribution < 1.29 is 22.4 Å². The van der Waals surface area contributed by atoms with Crippen molar-refractivity contribution in [3.8, 4) is 11.1 Å². The Hall–Kier alpha value is -3.69. The Morgan fingerprint density at radius 1 is 1.03 bits per heavy atom. The highest BCUT2D eigenvalue weighted by molar-refractivity contribution is 7.91. The van der Waals surface area contributed by atoms with Crippen LogP contribution < -0.4 is 5.63 Å². The standard InChI is InChI=1S/C28H23NO6S2/c1-2-34-27(30)23-21(17-11-5-3-6-12-17)26(37(32,33)18-13-7-4-8-14-18)29-24(23)35-28(31)22-19-15-9-10-16-20(19)36-25(22)29/h3-8,11-14H,2,9-10,15-16H2,1H3. The van der Waals surface area contributed by atoms with E-state index >= 15 is 0 Å². The van der Waals surface area contributed by atoms with Gasteiger partial charge in [-0.25, -0.2) is 18.0 Å². The van der Waals surface area contributed by atoms with Crippen molar-refractivity contribution in [1.82, 2.24) is 4.40 Å². The van der Waals surface area contributed by atoms with Gasteiger partial charge >= 0.3 is 11.6 Å². The summed E-state index contributed by atoms with van der Waals surface area (Å²) in [7, 11) is -4.18. The van der Waals surface area contributed by atoms with Crippen molar-refractivity contribution in [2.24, 2.45) is 0 Å². The third-order valence-electron chi connectivity index (χ3n) is 6.68. The Morgan fingerprint density at radius 3 is 2.41 bits per heavy atom. The van der Waals surface area contributed by atoms with Crippen molar-refractivity contribution in [2.45, 2.75) is 42.5 Å². The Labute approximate surface area is 216 Å². The molecule has 0 fully saturated rings. The molecule has 2 aromatic carbocycles. The van der Waals surface area contributed by atoms with Gasteiger partial charge in [-0.3, -0.25) is 4.40 Å². The highest BCUT2D eigenvalue weighted by atomic mass is 32.2. The van der Waals surface area contributed by atoms with Crippen LogP contribution in [0.2, 0.25) is 0 Å². The lowest BCUT2D eigenvalue weighted by Gasteiger charge is -2.10. The first-order chi connectivity index (χ1) is 17.9. The maximum Gasteiger partial charge on any atom is 0.348 e. The number of aryl methyl sites for hydroxylation is 2. The predicted octanol–water partition coefficient (Wildman–Crippen LogP) is 5.66. The Kier molecular flexibility index (Phi) is 5.77. The number of nitrogens with zero attached hydrogens (tertiary/aromatic N) is 1. The van der Waals surface area contributed by atoms with Crippen molar-refractivity contribution in [3.05, 3.63) is 87.1 Å². The number of aromatic nitrogens is 1. The minimum atomic E-state index is -4.18. The lowest BCUT2D eigenvalue weighted by Crippen LogP contribution is -2.10. The number of hydrogen-bond acceptors (Lipinski definition) is 7. The number of rotatable bonds is 5. The molecule has 6 rings (SSSR count). The fraction of sp³-hybridized carbons (Fsp3) is 0.214. The highest BCUT2D eigenvalue weighted by Crippen LogP contribution is 2.43. The van der Waals surface area contributed by atoms with Gasteiger partial charge in [0.2, 0.25) is 15.6 Å². The van der Waals surface area contributed by atoms with Gasteiger partial charge in [-0.15, -0.1) is 11.3 Å². The number of thiophene rings is 1. The summed E-state index contributed by atoms with van der Waals surface area (Å²) < 4.78 is 41.3. The van der Waals surface area contributed by atoms with E-state index in [1.807, 2.05) is 0 Å². The molecule has 3 aromatic heterocycles. The molecule has 0 saturated heterocycles. The molecule has 0 aliphatic heterocycles. The number of carbonyl (C=O) groups excluding carboxylic acids is 1. The maximum atomic E-state index is 14.3. The predicted molar refractivity (Wildman–Crippen MR) is 141 cm³/mol. The first-order valence-electron chi connectivity index (χ1n) is 12.1. The monoisotopic (exact) mass is 533 g/mol. The largest absolute Gasteiger partial charge is 0.462 e. The number of esters is 1. The van der Waals surface area contributed by atoms with Gasteiger partial charge in [0.1, 0.15) is 10.4 Å². The summed E-state index contributed by atoms with van der Waals surface area (Å²) >= 11 is 1.40. The van der Waals surface area contributed by atoms with Crippen molar-refractivity contribution in [1.29, 1.82) is 0 Å². The topological polar surface area (TPSA) is 95.1 Å². The van der Waals surface area contributed by atoms with Gasteiger partial charge in [0.25, 0.3) is 0 Å². The average molecular weight is 534 g/mol. The van der Waals surface area contributed by atoms with Gasteiger partial charge in [0, 0.05) is 10.4 Å². The third-order valence-corrected chi connectivity index (χ3v) is 9.75. The Balaban J connectivity index is 1.87. The van der Waals surface area contributed by atoms with E-state index in [9.17, 15) is 18.0 Å². The highest BCUT2D eigenvalue weighted by Gasteiger charge is 2.37. The summed E-state index contributed by atoms with van der Waals surface area (Å²) in [6, 6.07) is 16.9. The minimum Gasteiger partial charge on any atom is -0.462 e. The number of fused-ring (bicyclic) bond motifs is 5. The Bertz CT molecular complexity index is 1830. The summed E-state index contributed by atoms with van der Waals surface area (Å²) in [5.74, 6) is -0.753. The summed E-state index contributed by atoms with van der Waals surface area (Å²) in [5.41, 5.74) is 0.799. The number of ether oxygens (including phenoxy) is 1. The van der Waals surface area contributed by atoms with E-state index in [2.05, 4.69) is 0 Å². The smallest absolute Gasteiger partial charge is 0.348 e. The molecule has 37 heavy (non-hydrogen) atoms. The Morgan fingerprint density at radius 2 is 1.70 bits per heavy atom. The molecule has 9 heteroatoms. The first-order valence-corrected chi connectivity index (χ1v) is 14.4. The van der Waals surface area contributed by atoms with E-state index in [4.69, 9.17) is 9.15 Å². The SMILES string of the molecule is CCOC(=O)c1c(-c2ccccc2)c(S(=O)(=O)c2ccccc2)n2c1oc(=O)c1c3c(sc12)CCCC3. The van der Waals surface area contributed by atoms with Crippen LogP contribution in [-0.2, 0) is 27.4 Å². The lowest BCUT2D eigenvalue weighted by molar-refractivity contribution is 0.0528. The van der Waals surface area contributed by atoms with Gasteiger partial charge < -0.3 is 9.15 Å². The van der Waals surface area contributed by atoms with E-state index in [0.717, 1.165) is 36.1 Å². The van der Waals surface area contributed by atoms with Crippen molar-refractivity contribution >= 4 is 43.1 Å². The maximum absolute atomic E-state index is 14.3. The second-order valence-electron chi connectivity index (χ2n) is 8.88. The fourth-order valence-corrected chi connectivity index (χ4v) is 8.18. The zero-order valence-corrected chi connectivity index (χ0v) is 21.7. The zero-order valence-electron chi connectivity index (χ0n) is 20.0. The number of benzene rings is 2. The van der Waals surface area contributed by atoms with E-state index in [-0.39, 0.29) is 33.4 Å². The molecular weight excluding hydrogens is 510 g/mol. The normalized spacial score (nSPS) is 13.6. The second kappa shape index (κ2) is 9.00. The second-order valence-corrected chi connectivity index (χ2v) is 11.8. The molecule has 3 heterocycles. The van der Waals surface area contributed by atoms with Crippen LogP contribution in [0.15, 0.2) is 79.8 Å². The van der Waals surface area contributed by atoms with E-state index in [1.165, 1.54) is 27.9 Å². The zero-order chi connectivity index (χ0) is 25.7. The molecule has 7 nitrogen and oxygen atoms in total. The van der Waals surface area contributed by atoms with Crippen LogP contribution in [-0.4, -0.2) is 25.4 Å². The number of sulfone groups is 1. The molecule has 1 aliphatic rings. The van der Waals surface area contributed by atoms with Gasteiger partial charge in [-0.1, -0.05) is 48.5 Å². The third kappa shape index (κ3) is 3.64. The quantitative estimate of drug-likeness (QED) is 0.271. The van der Waals surface area contributed by atoms with Gasteiger partial charge in [0.05, 0.1) is 16.9 Å². The molecule has 5 aromatic rings. The van der Waals surface area contributed by atoms with Crippen LogP contribution in [0.5, 0.6) is 0 Å². The van der Waals surface area contributed by atoms with Crippen LogP contribution in [0.4, 0.5) is 0 Å². The molecule has 188 valence electrons.